The Labute approximate surface area is 388 Å². The van der Waals surface area contributed by atoms with Crippen LogP contribution >= 0.6 is 11.8 Å². The molecular formula is C50H71F2N7O5S. The van der Waals surface area contributed by atoms with E-state index in [1.807, 2.05) is 67.8 Å². The molecule has 0 spiro atoms. The second kappa shape index (κ2) is 25.2. The summed E-state index contributed by atoms with van der Waals surface area (Å²) in [5.41, 5.74) is 13.8. The van der Waals surface area contributed by atoms with Gasteiger partial charge in [-0.1, -0.05) is 77.4 Å². The Morgan fingerprint density at radius 2 is 1.69 bits per heavy atom. The van der Waals surface area contributed by atoms with Crippen molar-refractivity contribution in [2.45, 2.75) is 111 Å². The number of unbranched alkanes of at least 4 members (excludes halogenated alkanes) is 2. The average Bonchev–Trinajstić information content (AvgIpc) is 3.81. The Kier molecular flexibility index (Phi) is 20.4. The first-order valence-corrected chi connectivity index (χ1v) is 24.2. The van der Waals surface area contributed by atoms with Gasteiger partial charge in [0.2, 0.25) is 29.5 Å². The van der Waals surface area contributed by atoms with Gasteiger partial charge in [0.25, 0.3) is 0 Å². The van der Waals surface area contributed by atoms with Crippen molar-refractivity contribution in [3.8, 4) is 11.1 Å². The highest BCUT2D eigenvalue weighted by molar-refractivity contribution is 8.00. The second-order valence-electron chi connectivity index (χ2n) is 18.2. The number of halogens is 2. The Morgan fingerprint density at radius 1 is 0.985 bits per heavy atom. The molecule has 1 aliphatic heterocycles. The fourth-order valence-electron chi connectivity index (χ4n) is 8.90. The highest BCUT2D eigenvalue weighted by atomic mass is 32.2. The molecule has 4 rings (SSSR count). The predicted molar refractivity (Wildman–Crippen MR) is 255 cm³/mol. The van der Waals surface area contributed by atoms with Crippen LogP contribution in [0, 0.1) is 28.4 Å². The van der Waals surface area contributed by atoms with Crippen molar-refractivity contribution in [1.29, 1.82) is 0 Å². The number of imide groups is 1. The highest BCUT2D eigenvalue weighted by Crippen LogP contribution is 2.45. The summed E-state index contributed by atoms with van der Waals surface area (Å²) in [5.74, 6) is -2.19. The standard InChI is InChI=1S/C50H71F2N7O5S/c1-7-22-50(8-2,9-3)39-30-44(61)59(48(39)64)26-15-11-14-19-43(60)55-24-25-56-47(63)41(54)33-65-34-45(62)58(27-16-23-53)46(49(4,5)6)42-28-36(38-29-37(51)20-21-40(38)52)32-57(42)31-35-17-12-10-13-18-35/h7,10,12-13,17-18,20-21,28-29,32,39,41,46H,1,8-9,11,14-16,19,22-27,30-31,33-34,53-54H2,2-6H3,(H,55,60)(H,56,63)/t39?,41-,46-/m0/s1. The first-order valence-electron chi connectivity index (χ1n) is 23.0. The van der Waals surface area contributed by atoms with Crippen LogP contribution < -0.4 is 22.1 Å². The molecule has 5 amide bonds. The molecule has 1 unspecified atom stereocenters. The average molecular weight is 920 g/mol. The topological polar surface area (TPSA) is 173 Å². The van der Waals surface area contributed by atoms with Gasteiger partial charge in [-0.25, -0.2) is 8.78 Å². The molecule has 0 bridgehead atoms. The number of aromatic nitrogens is 1. The van der Waals surface area contributed by atoms with Gasteiger partial charge in [-0.05, 0) is 85.7 Å². The van der Waals surface area contributed by atoms with Crippen molar-refractivity contribution < 1.29 is 32.8 Å². The molecule has 65 heavy (non-hydrogen) atoms. The highest BCUT2D eigenvalue weighted by Gasteiger charge is 2.48. The van der Waals surface area contributed by atoms with Crippen LogP contribution in [0.2, 0.25) is 0 Å². The molecular weight excluding hydrogens is 849 g/mol. The minimum absolute atomic E-state index is 0.0400. The van der Waals surface area contributed by atoms with Crippen LogP contribution in [-0.2, 0) is 30.5 Å². The Bertz CT molecular complexity index is 2070. The van der Waals surface area contributed by atoms with Gasteiger partial charge in [-0.2, -0.15) is 0 Å². The number of carbonyl (C=O) groups excluding carboxylic acids is 5. The SMILES string of the molecule is C=CCC(CC)(CC)C1CC(=O)N(CCCCCC(=O)NCCNC(=O)[C@@H](N)CSCC(=O)N(CCCN)[C@@H](c2cc(-c3cc(F)ccc3F)cn2Cc2ccccc2)C(C)(C)C)C1=O. The van der Waals surface area contributed by atoms with Gasteiger partial charge in [0.15, 0.2) is 0 Å². The summed E-state index contributed by atoms with van der Waals surface area (Å²) in [6.45, 7) is 16.0. The van der Waals surface area contributed by atoms with Gasteiger partial charge < -0.3 is 31.6 Å². The predicted octanol–water partition coefficient (Wildman–Crippen LogP) is 7.36. The van der Waals surface area contributed by atoms with Gasteiger partial charge in [0.05, 0.1) is 23.8 Å². The summed E-state index contributed by atoms with van der Waals surface area (Å²) in [6, 6.07) is 13.6. The molecule has 0 saturated carbocycles. The molecule has 6 N–H and O–H groups in total. The minimum Gasteiger partial charge on any atom is -0.354 e. The van der Waals surface area contributed by atoms with E-state index in [9.17, 15) is 28.4 Å². The largest absolute Gasteiger partial charge is 0.354 e. The van der Waals surface area contributed by atoms with Crippen molar-refractivity contribution in [3.63, 3.8) is 0 Å². The molecule has 2 heterocycles. The van der Waals surface area contributed by atoms with Crippen LogP contribution in [0.1, 0.15) is 110 Å². The van der Waals surface area contributed by atoms with E-state index in [1.54, 1.807) is 11.1 Å². The van der Waals surface area contributed by atoms with E-state index in [0.29, 0.717) is 63.8 Å². The summed E-state index contributed by atoms with van der Waals surface area (Å²) in [5, 5.41) is 5.56. The normalized spacial score (nSPS) is 15.2. The summed E-state index contributed by atoms with van der Waals surface area (Å²) >= 11 is 1.25. The zero-order chi connectivity index (χ0) is 47.7. The number of rotatable bonds is 27. The maximum absolute atomic E-state index is 15.1. The summed E-state index contributed by atoms with van der Waals surface area (Å²) < 4.78 is 31.5. The van der Waals surface area contributed by atoms with E-state index in [4.69, 9.17) is 11.5 Å². The number of nitrogens with zero attached hydrogens (tertiary/aromatic N) is 3. The summed E-state index contributed by atoms with van der Waals surface area (Å²) in [4.78, 5) is 68.8. The molecule has 2 aromatic carbocycles. The smallest absolute Gasteiger partial charge is 0.237 e. The summed E-state index contributed by atoms with van der Waals surface area (Å²) in [6.07, 6.45) is 8.90. The lowest BCUT2D eigenvalue weighted by Gasteiger charge is -2.41. The number of thioether (sulfide) groups is 1. The van der Waals surface area contributed by atoms with Crippen LogP contribution in [0.5, 0.6) is 0 Å². The lowest BCUT2D eigenvalue weighted by Crippen LogP contribution is -2.46. The first-order chi connectivity index (χ1) is 31.0. The van der Waals surface area contributed by atoms with Crippen molar-refractivity contribution in [3.05, 3.63) is 96.3 Å². The van der Waals surface area contributed by atoms with E-state index in [-0.39, 0.29) is 78.0 Å². The zero-order valence-corrected chi connectivity index (χ0v) is 39.8. The van der Waals surface area contributed by atoms with E-state index in [0.717, 1.165) is 36.2 Å². The van der Waals surface area contributed by atoms with Crippen molar-refractivity contribution in [1.82, 2.24) is 25.0 Å². The number of nitrogens with two attached hydrogens (primary N) is 2. The maximum atomic E-state index is 15.1. The number of likely N-dealkylation sites (tertiary alicyclic amines) is 1. The Hall–Kier alpha value is -4.86. The molecule has 3 aromatic rings. The van der Waals surface area contributed by atoms with Gasteiger partial charge in [-0.15, -0.1) is 18.3 Å². The lowest BCUT2D eigenvalue weighted by atomic mass is 9.68. The maximum Gasteiger partial charge on any atom is 0.237 e. The minimum atomic E-state index is -0.904. The number of nitrogens with one attached hydrogen (secondary N) is 2. The van der Waals surface area contributed by atoms with Crippen molar-refractivity contribution in [2.24, 2.45) is 28.2 Å². The fourth-order valence-corrected chi connectivity index (χ4v) is 9.76. The molecule has 3 atom stereocenters. The number of hydrogen-bond donors (Lipinski definition) is 4. The molecule has 12 nitrogen and oxygen atoms in total. The number of amides is 5. The molecule has 1 aromatic heterocycles. The molecule has 0 aliphatic carbocycles. The van der Waals surface area contributed by atoms with Crippen LogP contribution in [0.15, 0.2) is 73.4 Å². The van der Waals surface area contributed by atoms with Crippen LogP contribution in [0.3, 0.4) is 0 Å². The van der Waals surface area contributed by atoms with Crippen molar-refractivity contribution >= 4 is 41.3 Å². The molecule has 0 radical (unpaired) electrons. The monoisotopic (exact) mass is 920 g/mol. The van der Waals surface area contributed by atoms with E-state index < -0.39 is 35.0 Å². The first kappa shape index (κ1) is 52.8. The van der Waals surface area contributed by atoms with Gasteiger partial charge in [0.1, 0.15) is 11.6 Å². The number of hydrogen-bond acceptors (Lipinski definition) is 8. The third kappa shape index (κ3) is 14.6. The Balaban J connectivity index is 1.26. The number of allylic oxidation sites excluding steroid dienone is 1. The second-order valence-corrected chi connectivity index (χ2v) is 19.2. The van der Waals surface area contributed by atoms with Crippen LogP contribution in [0.25, 0.3) is 11.1 Å². The number of benzene rings is 2. The Morgan fingerprint density at radius 3 is 2.35 bits per heavy atom. The third-order valence-electron chi connectivity index (χ3n) is 12.5. The quantitative estimate of drug-likeness (QED) is 0.0349. The zero-order valence-electron chi connectivity index (χ0n) is 39.0. The van der Waals surface area contributed by atoms with Gasteiger partial charge >= 0.3 is 0 Å². The fraction of sp³-hybridized carbons (Fsp3) is 0.540. The molecule has 1 fully saturated rings. The third-order valence-corrected chi connectivity index (χ3v) is 13.6. The summed E-state index contributed by atoms with van der Waals surface area (Å²) in [7, 11) is 0. The van der Waals surface area contributed by atoms with Gasteiger partial charge in [0, 0.05) is 74.3 Å². The van der Waals surface area contributed by atoms with Crippen molar-refractivity contribution in [2.75, 3.05) is 44.2 Å². The molecule has 1 aliphatic rings. The van der Waals surface area contributed by atoms with E-state index in [2.05, 4.69) is 31.1 Å². The number of carbonyl (C=O) groups is 5. The van der Waals surface area contributed by atoms with Crippen LogP contribution in [-0.4, -0.2) is 94.2 Å². The van der Waals surface area contributed by atoms with Gasteiger partial charge in [-0.3, -0.25) is 28.9 Å². The molecule has 15 heteroatoms. The molecule has 1 saturated heterocycles. The van der Waals surface area contributed by atoms with E-state index in [1.165, 1.54) is 22.7 Å². The van der Waals surface area contributed by atoms with Crippen LogP contribution in [0.4, 0.5) is 8.78 Å². The molecule has 356 valence electrons. The lowest BCUT2D eigenvalue weighted by molar-refractivity contribution is -0.141. The van der Waals surface area contributed by atoms with E-state index >= 15 is 4.39 Å².